The van der Waals surface area contributed by atoms with Crippen molar-refractivity contribution < 1.29 is 14.7 Å². The van der Waals surface area contributed by atoms with Gasteiger partial charge in [0.25, 0.3) is 0 Å². The highest BCUT2D eigenvalue weighted by molar-refractivity contribution is 6.30. The molecule has 0 bridgehead atoms. The number of aliphatic carboxylic acids is 1. The van der Waals surface area contributed by atoms with Crippen molar-refractivity contribution in [1.29, 1.82) is 0 Å². The molecule has 19 heavy (non-hydrogen) atoms. The summed E-state index contributed by atoms with van der Waals surface area (Å²) in [5, 5.41) is 12.4. The first-order chi connectivity index (χ1) is 8.75. The van der Waals surface area contributed by atoms with E-state index in [0.717, 1.165) is 5.56 Å². The molecular weight excluding hydrogens is 266 g/mol. The number of carboxylic acid groups (broad SMARTS) is 1. The molecule has 4 nitrogen and oxygen atoms in total. The van der Waals surface area contributed by atoms with Crippen LogP contribution < -0.4 is 5.32 Å². The third-order valence-corrected chi connectivity index (χ3v) is 4.06. The molecular formula is C14H16ClNO3. The number of carbonyl (C=O) groups is 2. The molecule has 0 unspecified atom stereocenters. The lowest BCUT2D eigenvalue weighted by atomic mass is 10.1. The van der Waals surface area contributed by atoms with Gasteiger partial charge in [-0.1, -0.05) is 25.4 Å². The quantitative estimate of drug-likeness (QED) is 0.895. The van der Waals surface area contributed by atoms with Crippen LogP contribution in [0.1, 0.15) is 19.4 Å². The maximum atomic E-state index is 12.1. The van der Waals surface area contributed by atoms with Crippen LogP contribution in [-0.2, 0) is 9.59 Å². The van der Waals surface area contributed by atoms with E-state index in [1.54, 1.807) is 32.0 Å². The summed E-state index contributed by atoms with van der Waals surface area (Å²) in [6, 6.07) is 5.17. The van der Waals surface area contributed by atoms with Crippen molar-refractivity contribution in [1.82, 2.24) is 0 Å². The number of hydrogen-bond donors (Lipinski definition) is 2. The molecule has 102 valence electrons. The second-order valence-corrected chi connectivity index (χ2v) is 6.00. The van der Waals surface area contributed by atoms with Crippen LogP contribution in [-0.4, -0.2) is 17.0 Å². The lowest BCUT2D eigenvalue weighted by molar-refractivity contribution is -0.140. The van der Waals surface area contributed by atoms with E-state index in [4.69, 9.17) is 16.7 Å². The molecule has 2 N–H and O–H groups in total. The number of aryl methyl sites for hydroxylation is 1. The van der Waals surface area contributed by atoms with Crippen molar-refractivity contribution in [2.24, 2.45) is 17.3 Å². The van der Waals surface area contributed by atoms with E-state index in [-0.39, 0.29) is 5.91 Å². The molecule has 1 aliphatic carbocycles. The molecule has 1 aromatic carbocycles. The highest BCUT2D eigenvalue weighted by Gasteiger charge is 2.65. The van der Waals surface area contributed by atoms with E-state index < -0.39 is 23.2 Å². The standard InChI is InChI=1S/C14H16ClNO3/c1-7-6-8(15)4-5-9(7)16-12(17)10-11(13(18)19)14(10,2)3/h4-6,10-11H,1-3H3,(H,16,17)(H,18,19)/t10-,11+/m1/s1. The van der Waals surface area contributed by atoms with Crippen LogP contribution in [0.4, 0.5) is 5.69 Å². The van der Waals surface area contributed by atoms with E-state index >= 15 is 0 Å². The van der Waals surface area contributed by atoms with Gasteiger partial charge in [0, 0.05) is 10.7 Å². The first-order valence-corrected chi connectivity index (χ1v) is 6.42. The SMILES string of the molecule is Cc1cc(Cl)ccc1NC(=O)[C@H]1[C@@H](C(=O)O)C1(C)C. The van der Waals surface area contributed by atoms with Gasteiger partial charge in [0.15, 0.2) is 0 Å². The van der Waals surface area contributed by atoms with Gasteiger partial charge in [-0.3, -0.25) is 9.59 Å². The first-order valence-electron chi connectivity index (χ1n) is 6.05. The summed E-state index contributed by atoms with van der Waals surface area (Å²) in [7, 11) is 0. The molecule has 2 atom stereocenters. The number of anilines is 1. The molecule has 0 aliphatic heterocycles. The Labute approximate surface area is 116 Å². The lowest BCUT2D eigenvalue weighted by Crippen LogP contribution is -2.18. The minimum atomic E-state index is -0.919. The average molecular weight is 282 g/mol. The fourth-order valence-electron chi connectivity index (χ4n) is 2.57. The summed E-state index contributed by atoms with van der Waals surface area (Å²) < 4.78 is 0. The molecule has 1 aromatic rings. The minimum absolute atomic E-state index is 0.247. The molecule has 0 saturated heterocycles. The van der Waals surface area contributed by atoms with Crippen LogP contribution in [0.25, 0.3) is 0 Å². The van der Waals surface area contributed by atoms with Gasteiger partial charge in [-0.05, 0) is 36.1 Å². The lowest BCUT2D eigenvalue weighted by Gasteiger charge is -2.09. The fourth-order valence-corrected chi connectivity index (χ4v) is 2.79. The Hall–Kier alpha value is -1.55. The zero-order valence-electron chi connectivity index (χ0n) is 11.0. The minimum Gasteiger partial charge on any atom is -0.481 e. The number of hydrogen-bond acceptors (Lipinski definition) is 2. The maximum absolute atomic E-state index is 12.1. The van der Waals surface area contributed by atoms with Crippen molar-refractivity contribution in [3.63, 3.8) is 0 Å². The van der Waals surface area contributed by atoms with Crippen molar-refractivity contribution >= 4 is 29.2 Å². The summed E-state index contributed by atoms with van der Waals surface area (Å²) in [6.07, 6.45) is 0. The van der Waals surface area contributed by atoms with E-state index in [1.807, 2.05) is 6.92 Å². The molecule has 5 heteroatoms. The topological polar surface area (TPSA) is 66.4 Å². The van der Waals surface area contributed by atoms with Gasteiger partial charge < -0.3 is 10.4 Å². The molecule has 0 heterocycles. The Morgan fingerprint density at radius 3 is 2.42 bits per heavy atom. The van der Waals surface area contributed by atoms with Crippen molar-refractivity contribution in [2.45, 2.75) is 20.8 Å². The highest BCUT2D eigenvalue weighted by atomic mass is 35.5. The van der Waals surface area contributed by atoms with Crippen LogP contribution in [0.2, 0.25) is 5.02 Å². The summed E-state index contributed by atoms with van der Waals surface area (Å²) in [5.74, 6) is -2.26. The Balaban J connectivity index is 2.13. The summed E-state index contributed by atoms with van der Waals surface area (Å²) in [6.45, 7) is 5.43. The van der Waals surface area contributed by atoms with Gasteiger partial charge in [-0.15, -0.1) is 0 Å². The Morgan fingerprint density at radius 2 is 1.95 bits per heavy atom. The predicted octanol–water partition coefficient (Wildman–Crippen LogP) is 2.94. The molecule has 0 aromatic heterocycles. The number of amides is 1. The monoisotopic (exact) mass is 281 g/mol. The second kappa shape index (κ2) is 4.53. The van der Waals surface area contributed by atoms with Gasteiger partial charge in [-0.2, -0.15) is 0 Å². The van der Waals surface area contributed by atoms with E-state index in [2.05, 4.69) is 5.32 Å². The zero-order chi connectivity index (χ0) is 14.4. The number of carboxylic acids is 1. The van der Waals surface area contributed by atoms with Crippen LogP contribution in [0.5, 0.6) is 0 Å². The number of rotatable bonds is 3. The van der Waals surface area contributed by atoms with E-state index in [9.17, 15) is 9.59 Å². The Morgan fingerprint density at radius 1 is 1.32 bits per heavy atom. The summed E-state index contributed by atoms with van der Waals surface area (Å²) >= 11 is 5.85. The van der Waals surface area contributed by atoms with Crippen LogP contribution >= 0.6 is 11.6 Å². The molecule has 1 saturated carbocycles. The number of nitrogens with one attached hydrogen (secondary N) is 1. The zero-order valence-corrected chi connectivity index (χ0v) is 11.8. The molecule has 0 radical (unpaired) electrons. The van der Waals surface area contributed by atoms with Crippen molar-refractivity contribution in [3.05, 3.63) is 28.8 Å². The number of halogens is 1. The second-order valence-electron chi connectivity index (χ2n) is 5.56. The summed E-state index contributed by atoms with van der Waals surface area (Å²) in [4.78, 5) is 23.2. The third-order valence-electron chi connectivity index (χ3n) is 3.82. The van der Waals surface area contributed by atoms with Crippen molar-refractivity contribution in [2.75, 3.05) is 5.32 Å². The van der Waals surface area contributed by atoms with Crippen LogP contribution in [0, 0.1) is 24.2 Å². The molecule has 1 aliphatic rings. The normalized spacial score (nSPS) is 23.8. The van der Waals surface area contributed by atoms with Gasteiger partial charge >= 0.3 is 5.97 Å². The van der Waals surface area contributed by atoms with E-state index in [1.165, 1.54) is 0 Å². The first kappa shape index (κ1) is 13.9. The fraction of sp³-hybridized carbons (Fsp3) is 0.429. The number of benzene rings is 1. The van der Waals surface area contributed by atoms with Gasteiger partial charge in [0.2, 0.25) is 5.91 Å². The van der Waals surface area contributed by atoms with Crippen LogP contribution in [0.3, 0.4) is 0 Å². The third kappa shape index (κ3) is 2.45. The number of carbonyl (C=O) groups excluding carboxylic acids is 1. The smallest absolute Gasteiger partial charge is 0.307 e. The molecule has 1 amide bonds. The molecule has 2 rings (SSSR count). The van der Waals surface area contributed by atoms with Crippen molar-refractivity contribution in [3.8, 4) is 0 Å². The van der Waals surface area contributed by atoms with Gasteiger partial charge in [-0.25, -0.2) is 0 Å². The van der Waals surface area contributed by atoms with Gasteiger partial charge in [0.05, 0.1) is 11.8 Å². The predicted molar refractivity (Wildman–Crippen MR) is 73.2 cm³/mol. The Bertz CT molecular complexity index is 554. The van der Waals surface area contributed by atoms with Crippen LogP contribution in [0.15, 0.2) is 18.2 Å². The van der Waals surface area contributed by atoms with E-state index in [0.29, 0.717) is 10.7 Å². The largest absolute Gasteiger partial charge is 0.481 e. The highest BCUT2D eigenvalue weighted by Crippen LogP contribution is 2.58. The Kier molecular flexibility index (Phi) is 3.31. The molecule has 1 fully saturated rings. The molecule has 0 spiro atoms. The average Bonchev–Trinajstić information content (AvgIpc) is 2.86. The summed E-state index contributed by atoms with van der Waals surface area (Å²) in [5.41, 5.74) is 1.03. The van der Waals surface area contributed by atoms with Gasteiger partial charge in [0.1, 0.15) is 0 Å². The maximum Gasteiger partial charge on any atom is 0.307 e.